The van der Waals surface area contributed by atoms with Crippen molar-refractivity contribution in [2.24, 2.45) is 0 Å². The molecule has 0 heterocycles. The summed E-state index contributed by atoms with van der Waals surface area (Å²) in [5.74, 6) is -0.179. The Morgan fingerprint density at radius 2 is 1.50 bits per heavy atom. The van der Waals surface area contributed by atoms with E-state index in [1.165, 1.54) is 19.3 Å². The molecule has 0 aromatic rings. The molecule has 3 nitrogen and oxygen atoms in total. The molecule has 0 saturated heterocycles. The van der Waals surface area contributed by atoms with E-state index in [1.54, 1.807) is 0 Å². The highest BCUT2D eigenvalue weighted by molar-refractivity contribution is 5.69. The Hall–Kier alpha value is -1.35. The maximum absolute atomic E-state index is 11.5. The number of aliphatic hydroxyl groups is 1. The molecule has 3 heteroatoms. The number of carbonyl (C=O) groups is 1. The topological polar surface area (TPSA) is 46.5 Å². The molecular weight excluding hydrogens is 324 g/mol. The first-order valence-electron chi connectivity index (χ1n) is 10.5. The van der Waals surface area contributed by atoms with Crippen molar-refractivity contribution >= 4 is 5.97 Å². The van der Waals surface area contributed by atoms with E-state index >= 15 is 0 Å². The zero-order valence-electron chi connectivity index (χ0n) is 17.0. The number of hydrogen-bond donors (Lipinski definition) is 1. The lowest BCUT2D eigenvalue weighted by atomic mass is 10.1. The third-order valence-corrected chi connectivity index (χ3v) is 4.09. The fourth-order valence-electron chi connectivity index (χ4n) is 2.57. The minimum absolute atomic E-state index is 0.142. The van der Waals surface area contributed by atoms with Gasteiger partial charge in [-0.1, -0.05) is 76.0 Å². The highest BCUT2D eigenvalue weighted by Crippen LogP contribution is 2.09. The Labute approximate surface area is 161 Å². The molecule has 0 aliphatic carbocycles. The summed E-state index contributed by atoms with van der Waals surface area (Å²) in [6.07, 6.45) is 24.8. The van der Waals surface area contributed by atoms with E-state index < -0.39 is 6.10 Å². The van der Waals surface area contributed by atoms with Gasteiger partial charge in [0, 0.05) is 6.42 Å². The third kappa shape index (κ3) is 19.0. The number of hydrogen-bond acceptors (Lipinski definition) is 3. The highest BCUT2D eigenvalue weighted by Gasteiger charge is 2.07. The number of aliphatic hydroxyl groups excluding tert-OH is 1. The second-order valence-electron chi connectivity index (χ2n) is 6.73. The van der Waals surface area contributed by atoms with E-state index in [0.717, 1.165) is 44.9 Å². The summed E-state index contributed by atoms with van der Waals surface area (Å²) < 4.78 is 5.07. The average Bonchev–Trinajstić information content (AvgIpc) is 2.63. The van der Waals surface area contributed by atoms with Gasteiger partial charge in [-0.25, -0.2) is 0 Å². The molecule has 150 valence electrons. The number of carbonyl (C=O) groups excluding carboxylic acids is 1. The molecule has 0 spiro atoms. The first kappa shape index (κ1) is 24.7. The molecule has 0 aliphatic heterocycles. The summed E-state index contributed by atoms with van der Waals surface area (Å²) in [6, 6.07) is 0. The molecule has 0 bridgehead atoms. The van der Waals surface area contributed by atoms with E-state index in [-0.39, 0.29) is 12.6 Å². The highest BCUT2D eigenvalue weighted by atomic mass is 16.5. The number of esters is 1. The Morgan fingerprint density at radius 1 is 0.885 bits per heavy atom. The zero-order chi connectivity index (χ0) is 19.3. The lowest BCUT2D eigenvalue weighted by Gasteiger charge is -2.09. The molecule has 1 unspecified atom stereocenters. The molecule has 0 radical (unpaired) electrons. The third-order valence-electron chi connectivity index (χ3n) is 4.09. The molecule has 26 heavy (non-hydrogen) atoms. The van der Waals surface area contributed by atoms with Crippen LogP contribution < -0.4 is 0 Å². The molecule has 1 N–H and O–H groups in total. The Bertz CT molecular complexity index is 396. The second-order valence-corrected chi connectivity index (χ2v) is 6.73. The number of allylic oxidation sites excluding steroid dienone is 6. The second kappa shape index (κ2) is 20.0. The fourth-order valence-corrected chi connectivity index (χ4v) is 2.57. The predicted molar refractivity (Wildman–Crippen MR) is 111 cm³/mol. The van der Waals surface area contributed by atoms with Crippen molar-refractivity contribution in [3.05, 3.63) is 36.5 Å². The van der Waals surface area contributed by atoms with Crippen molar-refractivity contribution in [1.29, 1.82) is 0 Å². The zero-order valence-corrected chi connectivity index (χ0v) is 17.0. The average molecular weight is 365 g/mol. The molecule has 0 amide bonds. The van der Waals surface area contributed by atoms with Crippen molar-refractivity contribution in [3.8, 4) is 0 Å². The van der Waals surface area contributed by atoms with E-state index in [2.05, 4.69) is 43.4 Å². The van der Waals surface area contributed by atoms with Crippen molar-refractivity contribution < 1.29 is 14.6 Å². The molecule has 0 aliphatic rings. The number of unbranched alkanes of at least 4 members (excludes halogenated alkanes) is 5. The van der Waals surface area contributed by atoms with Crippen LogP contribution in [0, 0.1) is 0 Å². The SMILES string of the molecule is CCC=CCC=CCC=CCCCCCCCC(=O)OCC(O)CCC. The van der Waals surface area contributed by atoms with Gasteiger partial charge in [0.25, 0.3) is 0 Å². The van der Waals surface area contributed by atoms with Gasteiger partial charge in [0.1, 0.15) is 6.61 Å². The summed E-state index contributed by atoms with van der Waals surface area (Å²) >= 11 is 0. The van der Waals surface area contributed by atoms with Crippen LogP contribution in [0.3, 0.4) is 0 Å². The monoisotopic (exact) mass is 364 g/mol. The molecule has 0 saturated carbocycles. The van der Waals surface area contributed by atoms with Gasteiger partial charge in [-0.05, 0) is 44.9 Å². The summed E-state index contributed by atoms with van der Waals surface area (Å²) in [7, 11) is 0. The fraction of sp³-hybridized carbons (Fsp3) is 0.696. The van der Waals surface area contributed by atoms with Crippen LogP contribution in [0.25, 0.3) is 0 Å². The van der Waals surface area contributed by atoms with Gasteiger partial charge in [0.2, 0.25) is 0 Å². The normalized spacial score (nSPS) is 13.2. The Morgan fingerprint density at radius 3 is 2.19 bits per heavy atom. The van der Waals surface area contributed by atoms with Crippen LogP contribution in [0.1, 0.15) is 90.9 Å². The summed E-state index contributed by atoms with van der Waals surface area (Å²) in [4.78, 5) is 11.5. The minimum atomic E-state index is -0.509. The molecular formula is C23H40O3. The van der Waals surface area contributed by atoms with Crippen LogP contribution in [0.15, 0.2) is 36.5 Å². The summed E-state index contributed by atoms with van der Waals surface area (Å²) in [5.41, 5.74) is 0. The van der Waals surface area contributed by atoms with Crippen LogP contribution in [-0.2, 0) is 9.53 Å². The van der Waals surface area contributed by atoms with Crippen molar-refractivity contribution in [3.63, 3.8) is 0 Å². The van der Waals surface area contributed by atoms with Crippen molar-refractivity contribution in [2.45, 2.75) is 97.0 Å². The maximum atomic E-state index is 11.5. The van der Waals surface area contributed by atoms with Gasteiger partial charge in [-0.2, -0.15) is 0 Å². The van der Waals surface area contributed by atoms with Crippen LogP contribution in [0.4, 0.5) is 0 Å². The predicted octanol–water partition coefficient (Wildman–Crippen LogP) is 6.28. The molecule has 0 aromatic carbocycles. The molecule has 0 aromatic heterocycles. The minimum Gasteiger partial charge on any atom is -0.463 e. The van der Waals surface area contributed by atoms with E-state index in [4.69, 9.17) is 4.74 Å². The van der Waals surface area contributed by atoms with Crippen molar-refractivity contribution in [2.75, 3.05) is 6.61 Å². The van der Waals surface area contributed by atoms with Crippen molar-refractivity contribution in [1.82, 2.24) is 0 Å². The Balaban J connectivity index is 3.36. The lowest BCUT2D eigenvalue weighted by molar-refractivity contribution is -0.146. The van der Waals surface area contributed by atoms with E-state index in [0.29, 0.717) is 12.8 Å². The van der Waals surface area contributed by atoms with Gasteiger partial charge in [0.05, 0.1) is 6.10 Å². The lowest BCUT2D eigenvalue weighted by Crippen LogP contribution is -2.18. The quantitative estimate of drug-likeness (QED) is 0.188. The van der Waals surface area contributed by atoms with E-state index in [9.17, 15) is 9.90 Å². The van der Waals surface area contributed by atoms with Gasteiger partial charge >= 0.3 is 5.97 Å². The first-order chi connectivity index (χ1) is 12.7. The van der Waals surface area contributed by atoms with Crippen LogP contribution in [0.2, 0.25) is 0 Å². The maximum Gasteiger partial charge on any atom is 0.305 e. The van der Waals surface area contributed by atoms with Gasteiger partial charge < -0.3 is 9.84 Å². The van der Waals surface area contributed by atoms with Crippen LogP contribution >= 0.6 is 0 Å². The standard InChI is InChI=1S/C23H40O3/c1-3-5-6-7-8-9-10-11-12-13-14-15-16-17-18-20-23(25)26-21-22(24)19-4-2/h5-6,8-9,11-12,22,24H,3-4,7,10,13-21H2,1-2H3. The Kier molecular flexibility index (Phi) is 18.9. The molecule has 0 fully saturated rings. The summed E-state index contributed by atoms with van der Waals surface area (Å²) in [5, 5.41) is 9.51. The number of ether oxygens (including phenoxy) is 1. The summed E-state index contributed by atoms with van der Waals surface area (Å²) in [6.45, 7) is 4.30. The first-order valence-corrected chi connectivity index (χ1v) is 10.5. The van der Waals surface area contributed by atoms with E-state index in [1.807, 2.05) is 6.92 Å². The molecule has 1 atom stereocenters. The molecule has 0 rings (SSSR count). The largest absolute Gasteiger partial charge is 0.463 e. The van der Waals surface area contributed by atoms with Crippen LogP contribution in [-0.4, -0.2) is 23.8 Å². The van der Waals surface area contributed by atoms with Gasteiger partial charge in [0.15, 0.2) is 0 Å². The smallest absolute Gasteiger partial charge is 0.305 e. The number of rotatable bonds is 17. The van der Waals surface area contributed by atoms with Crippen LogP contribution in [0.5, 0.6) is 0 Å². The van der Waals surface area contributed by atoms with Gasteiger partial charge in [-0.3, -0.25) is 4.79 Å². The van der Waals surface area contributed by atoms with Gasteiger partial charge in [-0.15, -0.1) is 0 Å².